The van der Waals surface area contributed by atoms with E-state index in [4.69, 9.17) is 10.5 Å². The van der Waals surface area contributed by atoms with Gasteiger partial charge in [-0.25, -0.2) is 4.39 Å². The molecule has 2 N–H and O–H groups in total. The Morgan fingerprint density at radius 3 is 2.53 bits per heavy atom. The van der Waals surface area contributed by atoms with Crippen molar-refractivity contribution in [3.05, 3.63) is 58.9 Å². The van der Waals surface area contributed by atoms with Crippen molar-refractivity contribution in [2.45, 2.75) is 20.3 Å². The van der Waals surface area contributed by atoms with Gasteiger partial charge in [-0.2, -0.15) is 0 Å². The Hall–Kier alpha value is -1.87. The summed E-state index contributed by atoms with van der Waals surface area (Å²) in [6, 6.07) is 10.4. The van der Waals surface area contributed by atoms with Crippen molar-refractivity contribution in [1.29, 1.82) is 0 Å². The molecule has 100 valence electrons. The summed E-state index contributed by atoms with van der Waals surface area (Å²) in [5.41, 5.74) is 8.71. The Morgan fingerprint density at radius 1 is 1.05 bits per heavy atom. The number of hydrogen-bond acceptors (Lipinski definition) is 2. The highest BCUT2D eigenvalue weighted by atomic mass is 19.1. The number of nitrogens with two attached hydrogens (primary N) is 1. The van der Waals surface area contributed by atoms with Gasteiger partial charge in [0.05, 0.1) is 0 Å². The number of rotatable bonds is 4. The van der Waals surface area contributed by atoms with E-state index in [0.29, 0.717) is 18.7 Å². The van der Waals surface area contributed by atoms with Gasteiger partial charge in [0.1, 0.15) is 17.3 Å². The number of ether oxygens (including phenoxy) is 1. The average Bonchev–Trinajstić information content (AvgIpc) is 2.37. The minimum absolute atomic E-state index is 0.268. The number of benzene rings is 2. The first-order chi connectivity index (χ1) is 9.10. The maximum atomic E-state index is 13.2. The van der Waals surface area contributed by atoms with E-state index in [-0.39, 0.29) is 5.82 Å². The molecule has 0 saturated carbocycles. The first-order valence-corrected chi connectivity index (χ1v) is 6.34. The van der Waals surface area contributed by atoms with Crippen LogP contribution >= 0.6 is 0 Å². The maximum Gasteiger partial charge on any atom is 0.130 e. The van der Waals surface area contributed by atoms with Crippen molar-refractivity contribution in [3.8, 4) is 11.5 Å². The predicted octanol–water partition coefficient (Wildman–Crippen LogP) is 3.74. The van der Waals surface area contributed by atoms with Crippen molar-refractivity contribution in [3.63, 3.8) is 0 Å². The minimum atomic E-state index is -0.268. The monoisotopic (exact) mass is 259 g/mol. The van der Waals surface area contributed by atoms with Crippen LogP contribution in [-0.2, 0) is 6.42 Å². The molecule has 2 nitrogen and oxygen atoms in total. The first kappa shape index (κ1) is 13.6. The molecule has 0 bridgehead atoms. The van der Waals surface area contributed by atoms with E-state index >= 15 is 0 Å². The molecule has 0 fully saturated rings. The van der Waals surface area contributed by atoms with Crippen molar-refractivity contribution < 1.29 is 9.13 Å². The molecule has 0 spiro atoms. The number of halogens is 1. The Labute approximate surface area is 113 Å². The summed E-state index contributed by atoms with van der Waals surface area (Å²) >= 11 is 0. The average molecular weight is 259 g/mol. The van der Waals surface area contributed by atoms with Crippen molar-refractivity contribution in [2.24, 2.45) is 5.73 Å². The predicted molar refractivity (Wildman–Crippen MR) is 75.1 cm³/mol. The first-order valence-electron chi connectivity index (χ1n) is 6.34. The second kappa shape index (κ2) is 5.85. The van der Waals surface area contributed by atoms with Crippen LogP contribution in [0.25, 0.3) is 0 Å². The van der Waals surface area contributed by atoms with Gasteiger partial charge in [0.15, 0.2) is 0 Å². The fraction of sp³-hybridized carbons (Fsp3) is 0.250. The Balaban J connectivity index is 2.29. The largest absolute Gasteiger partial charge is 0.457 e. The van der Waals surface area contributed by atoms with Gasteiger partial charge in [-0.3, -0.25) is 0 Å². The summed E-state index contributed by atoms with van der Waals surface area (Å²) in [7, 11) is 0. The van der Waals surface area contributed by atoms with Crippen LogP contribution in [-0.4, -0.2) is 6.54 Å². The highest BCUT2D eigenvalue weighted by Crippen LogP contribution is 2.27. The van der Waals surface area contributed by atoms with Gasteiger partial charge in [-0.1, -0.05) is 6.07 Å². The third-order valence-electron chi connectivity index (χ3n) is 3.14. The number of hydrogen-bond donors (Lipinski definition) is 1. The van der Waals surface area contributed by atoms with E-state index in [1.54, 1.807) is 6.07 Å². The van der Waals surface area contributed by atoms with Crippen LogP contribution in [0, 0.1) is 19.7 Å². The van der Waals surface area contributed by atoms with Crippen LogP contribution in [0.1, 0.15) is 16.7 Å². The molecule has 19 heavy (non-hydrogen) atoms. The quantitative estimate of drug-likeness (QED) is 0.907. The summed E-state index contributed by atoms with van der Waals surface area (Å²) < 4.78 is 19.1. The van der Waals surface area contributed by atoms with E-state index in [2.05, 4.69) is 6.92 Å². The lowest BCUT2D eigenvalue weighted by Crippen LogP contribution is -2.04. The van der Waals surface area contributed by atoms with Crippen LogP contribution < -0.4 is 10.5 Å². The van der Waals surface area contributed by atoms with E-state index in [9.17, 15) is 4.39 Å². The molecule has 3 heteroatoms. The second-order valence-electron chi connectivity index (χ2n) is 4.64. The van der Waals surface area contributed by atoms with Crippen LogP contribution in [0.2, 0.25) is 0 Å². The molecular weight excluding hydrogens is 241 g/mol. The lowest BCUT2D eigenvalue weighted by Gasteiger charge is -2.12. The molecule has 2 rings (SSSR count). The smallest absolute Gasteiger partial charge is 0.130 e. The minimum Gasteiger partial charge on any atom is -0.457 e. The molecule has 0 radical (unpaired) electrons. The van der Waals surface area contributed by atoms with Crippen molar-refractivity contribution in [2.75, 3.05) is 6.54 Å². The zero-order valence-electron chi connectivity index (χ0n) is 11.2. The molecular formula is C16H18FNO. The van der Waals surface area contributed by atoms with Gasteiger partial charge < -0.3 is 10.5 Å². The summed E-state index contributed by atoms with van der Waals surface area (Å²) in [6.07, 6.45) is 0.595. The molecule has 2 aromatic carbocycles. The Bertz CT molecular complexity index is 581. The standard InChI is InChI=1S/C16H18FNO/c1-11-3-5-15(9-12(11)2)19-16-6-4-14(17)10-13(16)7-8-18/h3-6,9-10H,7-8,18H2,1-2H3. The Kier molecular flexibility index (Phi) is 4.17. The number of aryl methyl sites for hydroxylation is 2. The molecule has 0 amide bonds. The van der Waals surface area contributed by atoms with Crippen LogP contribution in [0.4, 0.5) is 4.39 Å². The molecule has 0 unspecified atom stereocenters. The van der Waals surface area contributed by atoms with Crippen LogP contribution in [0.15, 0.2) is 36.4 Å². The molecule has 2 aromatic rings. The molecule has 0 aliphatic rings. The molecule has 0 atom stereocenters. The van der Waals surface area contributed by atoms with Gasteiger partial charge in [0, 0.05) is 0 Å². The van der Waals surface area contributed by atoms with Gasteiger partial charge in [0.2, 0.25) is 0 Å². The fourth-order valence-corrected chi connectivity index (χ4v) is 1.90. The zero-order valence-corrected chi connectivity index (χ0v) is 11.2. The second-order valence-corrected chi connectivity index (χ2v) is 4.64. The normalized spacial score (nSPS) is 10.5. The topological polar surface area (TPSA) is 35.2 Å². The molecule has 0 saturated heterocycles. The third kappa shape index (κ3) is 3.32. The Morgan fingerprint density at radius 2 is 1.84 bits per heavy atom. The van der Waals surface area contributed by atoms with Crippen LogP contribution in [0.5, 0.6) is 11.5 Å². The third-order valence-corrected chi connectivity index (χ3v) is 3.14. The lowest BCUT2D eigenvalue weighted by atomic mass is 10.1. The summed E-state index contributed by atoms with van der Waals surface area (Å²) in [5, 5.41) is 0. The van der Waals surface area contributed by atoms with Gasteiger partial charge in [0.25, 0.3) is 0 Å². The molecule has 0 aliphatic carbocycles. The fourth-order valence-electron chi connectivity index (χ4n) is 1.90. The maximum absolute atomic E-state index is 13.2. The molecule has 0 aliphatic heterocycles. The van der Waals surface area contributed by atoms with E-state index < -0.39 is 0 Å². The van der Waals surface area contributed by atoms with Gasteiger partial charge >= 0.3 is 0 Å². The highest BCUT2D eigenvalue weighted by molar-refractivity contribution is 5.41. The lowest BCUT2D eigenvalue weighted by molar-refractivity contribution is 0.473. The van der Waals surface area contributed by atoms with E-state index in [0.717, 1.165) is 11.3 Å². The highest BCUT2D eigenvalue weighted by Gasteiger charge is 2.07. The molecule has 0 heterocycles. The zero-order chi connectivity index (χ0) is 13.8. The SMILES string of the molecule is Cc1ccc(Oc2ccc(F)cc2CCN)cc1C. The summed E-state index contributed by atoms with van der Waals surface area (Å²) in [6.45, 7) is 4.55. The molecule has 0 aromatic heterocycles. The van der Waals surface area contributed by atoms with Gasteiger partial charge in [-0.05, 0) is 73.8 Å². The summed E-state index contributed by atoms with van der Waals surface area (Å²) in [5.74, 6) is 1.15. The van der Waals surface area contributed by atoms with Gasteiger partial charge in [-0.15, -0.1) is 0 Å². The summed E-state index contributed by atoms with van der Waals surface area (Å²) in [4.78, 5) is 0. The van der Waals surface area contributed by atoms with Crippen LogP contribution in [0.3, 0.4) is 0 Å². The van der Waals surface area contributed by atoms with E-state index in [1.807, 2.05) is 25.1 Å². The van der Waals surface area contributed by atoms with Crippen molar-refractivity contribution in [1.82, 2.24) is 0 Å². The van der Waals surface area contributed by atoms with Crippen molar-refractivity contribution >= 4 is 0 Å². The van der Waals surface area contributed by atoms with E-state index in [1.165, 1.54) is 23.3 Å².